The maximum Gasteiger partial charge on any atom is 0.341 e. The first-order valence-electron chi connectivity index (χ1n) is 8.77. The van der Waals surface area contributed by atoms with Gasteiger partial charge in [0.05, 0.1) is 12.7 Å². The molecule has 6 nitrogen and oxygen atoms in total. The van der Waals surface area contributed by atoms with Crippen molar-refractivity contribution in [2.45, 2.75) is 51.4 Å². The molecule has 1 amide bonds. The molecule has 0 aliphatic heterocycles. The van der Waals surface area contributed by atoms with Gasteiger partial charge in [-0.3, -0.25) is 4.79 Å². The Morgan fingerprint density at radius 1 is 1.08 bits per heavy atom. The molecular weight excluding hydrogens is 342 g/mol. The van der Waals surface area contributed by atoms with Gasteiger partial charge in [0.2, 0.25) is 5.91 Å². The molecule has 2 atom stereocenters. The second-order valence-corrected chi connectivity index (χ2v) is 7.82. The van der Waals surface area contributed by atoms with Crippen LogP contribution >= 0.6 is 11.3 Å². The smallest absolute Gasteiger partial charge is 0.341 e. The molecule has 3 rings (SSSR count). The van der Waals surface area contributed by atoms with E-state index in [-0.39, 0.29) is 5.91 Å². The highest BCUT2D eigenvalue weighted by molar-refractivity contribution is 7.17. The molecule has 1 saturated carbocycles. The van der Waals surface area contributed by atoms with Gasteiger partial charge in [-0.2, -0.15) is 0 Å². The highest BCUT2D eigenvalue weighted by Gasteiger charge is 2.34. The minimum absolute atomic E-state index is 0.336. The molecule has 7 heteroatoms. The summed E-state index contributed by atoms with van der Waals surface area (Å²) >= 11 is 1.41. The van der Waals surface area contributed by atoms with Crippen LogP contribution in [0.15, 0.2) is 0 Å². The van der Waals surface area contributed by atoms with Crippen LogP contribution in [0.1, 0.15) is 59.3 Å². The number of hydrogen-bond donors (Lipinski definition) is 1. The Morgan fingerprint density at radius 2 is 1.76 bits per heavy atom. The number of thiophene rings is 1. The number of anilines is 1. The largest absolute Gasteiger partial charge is 0.550 e. The Balaban J connectivity index is 1.86. The standard InChI is InChI=1S/C18H23NO5S/c1-24-18(23)14-12-8-4-5-9-13(12)25-16(14)19-15(20)10-6-2-3-7-11(10)17(21)22/h10-11H,2-9H2,1H3,(H,19,20)(H,21,22)/p-1/t10-,11-/m1/s1. The lowest BCUT2D eigenvalue weighted by molar-refractivity contribution is -0.313. The SMILES string of the molecule is COC(=O)c1c(NC(=O)[C@@H]2CCCC[C@H]2C(=O)[O-])sc2c1CCCC2. The van der Waals surface area contributed by atoms with E-state index < -0.39 is 23.8 Å². The van der Waals surface area contributed by atoms with Crippen LogP contribution in [-0.2, 0) is 27.2 Å². The molecule has 1 aromatic rings. The van der Waals surface area contributed by atoms with Gasteiger partial charge in [0.25, 0.3) is 0 Å². The summed E-state index contributed by atoms with van der Waals surface area (Å²) in [5.74, 6) is -3.32. The van der Waals surface area contributed by atoms with E-state index in [2.05, 4.69) is 5.32 Å². The molecule has 0 radical (unpaired) electrons. The fourth-order valence-corrected chi connectivity index (χ4v) is 5.18. The molecular formula is C18H22NO5S-. The molecule has 2 aliphatic rings. The lowest BCUT2D eigenvalue weighted by Crippen LogP contribution is -2.42. The number of carboxylic acids is 1. The second kappa shape index (κ2) is 7.56. The quantitative estimate of drug-likeness (QED) is 0.824. The van der Waals surface area contributed by atoms with Crippen LogP contribution in [0.3, 0.4) is 0 Å². The van der Waals surface area contributed by atoms with Crippen molar-refractivity contribution in [3.8, 4) is 0 Å². The molecule has 0 unspecified atom stereocenters. The average Bonchev–Trinajstić information content (AvgIpc) is 2.98. The number of nitrogens with one attached hydrogen (secondary N) is 1. The number of carbonyl (C=O) groups is 3. The van der Waals surface area contributed by atoms with Crippen molar-refractivity contribution in [3.63, 3.8) is 0 Å². The van der Waals surface area contributed by atoms with Gasteiger partial charge in [-0.05, 0) is 44.1 Å². The first-order valence-corrected chi connectivity index (χ1v) is 9.59. The molecule has 1 aromatic heterocycles. The number of hydrogen-bond acceptors (Lipinski definition) is 6. The lowest BCUT2D eigenvalue weighted by Gasteiger charge is -2.31. The summed E-state index contributed by atoms with van der Waals surface area (Å²) in [6, 6.07) is 0. The summed E-state index contributed by atoms with van der Waals surface area (Å²) in [5, 5.41) is 14.7. The van der Waals surface area contributed by atoms with E-state index in [4.69, 9.17) is 4.74 Å². The highest BCUT2D eigenvalue weighted by atomic mass is 32.1. The topological polar surface area (TPSA) is 95.5 Å². The van der Waals surface area contributed by atoms with Gasteiger partial charge < -0.3 is 20.0 Å². The number of aliphatic carboxylic acids is 1. The van der Waals surface area contributed by atoms with E-state index in [1.807, 2.05) is 0 Å². The van der Waals surface area contributed by atoms with Crippen molar-refractivity contribution in [1.29, 1.82) is 0 Å². The van der Waals surface area contributed by atoms with E-state index in [9.17, 15) is 19.5 Å². The summed E-state index contributed by atoms with van der Waals surface area (Å²) in [6.07, 6.45) is 6.39. The zero-order valence-electron chi connectivity index (χ0n) is 14.3. The number of rotatable bonds is 4. The van der Waals surface area contributed by atoms with Crippen LogP contribution < -0.4 is 10.4 Å². The number of ether oxygens (including phenoxy) is 1. The van der Waals surface area contributed by atoms with Gasteiger partial charge in [-0.1, -0.05) is 12.8 Å². The number of carboxylic acid groups (broad SMARTS) is 1. The molecule has 1 heterocycles. The van der Waals surface area contributed by atoms with Crippen molar-refractivity contribution in [3.05, 3.63) is 16.0 Å². The van der Waals surface area contributed by atoms with Crippen molar-refractivity contribution in [2.24, 2.45) is 11.8 Å². The Bertz CT molecular complexity index is 696. The monoisotopic (exact) mass is 364 g/mol. The number of methoxy groups -OCH3 is 1. The van der Waals surface area contributed by atoms with Crippen LogP contribution in [-0.4, -0.2) is 25.0 Å². The van der Waals surface area contributed by atoms with Crippen LogP contribution in [0.2, 0.25) is 0 Å². The zero-order valence-corrected chi connectivity index (χ0v) is 15.1. The summed E-state index contributed by atoms with van der Waals surface area (Å²) in [7, 11) is 1.33. The zero-order chi connectivity index (χ0) is 18.0. The molecule has 136 valence electrons. The van der Waals surface area contributed by atoms with Gasteiger partial charge in [0.15, 0.2) is 0 Å². The number of fused-ring (bicyclic) bond motifs is 1. The predicted octanol–water partition coefficient (Wildman–Crippen LogP) is 1.91. The van der Waals surface area contributed by atoms with Crippen LogP contribution in [0, 0.1) is 11.8 Å². The molecule has 0 bridgehead atoms. The maximum absolute atomic E-state index is 12.7. The third-order valence-corrected chi connectivity index (χ3v) is 6.41. The molecule has 0 spiro atoms. The Labute approximate surface area is 150 Å². The summed E-state index contributed by atoms with van der Waals surface area (Å²) in [5.41, 5.74) is 1.41. The van der Waals surface area contributed by atoms with Crippen molar-refractivity contribution >= 4 is 34.2 Å². The van der Waals surface area contributed by atoms with E-state index in [0.29, 0.717) is 23.4 Å². The molecule has 25 heavy (non-hydrogen) atoms. The Hall–Kier alpha value is -1.89. The minimum atomic E-state index is -1.17. The van der Waals surface area contributed by atoms with Crippen LogP contribution in [0.25, 0.3) is 0 Å². The van der Waals surface area contributed by atoms with E-state index >= 15 is 0 Å². The van der Waals surface area contributed by atoms with Gasteiger partial charge in [-0.25, -0.2) is 4.79 Å². The van der Waals surface area contributed by atoms with Crippen molar-refractivity contribution in [2.75, 3.05) is 12.4 Å². The van der Waals surface area contributed by atoms with Crippen LogP contribution in [0.5, 0.6) is 0 Å². The number of esters is 1. The Morgan fingerprint density at radius 3 is 2.44 bits per heavy atom. The third kappa shape index (κ3) is 3.56. The fourth-order valence-electron chi connectivity index (χ4n) is 3.90. The molecule has 0 saturated heterocycles. The first kappa shape index (κ1) is 17.9. The first-order chi connectivity index (χ1) is 12.0. The fraction of sp³-hybridized carbons (Fsp3) is 0.611. The normalized spacial score (nSPS) is 22.8. The summed E-state index contributed by atoms with van der Waals surface area (Å²) in [6.45, 7) is 0. The Kier molecular flexibility index (Phi) is 5.42. The molecule has 2 aliphatic carbocycles. The second-order valence-electron chi connectivity index (χ2n) is 6.71. The highest BCUT2D eigenvalue weighted by Crippen LogP contribution is 2.39. The maximum atomic E-state index is 12.7. The number of amides is 1. The average molecular weight is 364 g/mol. The lowest BCUT2D eigenvalue weighted by atomic mass is 9.78. The number of aryl methyl sites for hydroxylation is 1. The number of carbonyl (C=O) groups excluding carboxylic acids is 3. The van der Waals surface area contributed by atoms with Crippen LogP contribution in [0.4, 0.5) is 5.00 Å². The molecule has 0 aromatic carbocycles. The predicted molar refractivity (Wildman–Crippen MR) is 91.4 cm³/mol. The van der Waals surface area contributed by atoms with Gasteiger partial charge in [0, 0.05) is 22.7 Å². The molecule has 1 fully saturated rings. The third-order valence-electron chi connectivity index (χ3n) is 5.20. The van der Waals surface area contributed by atoms with Gasteiger partial charge >= 0.3 is 5.97 Å². The van der Waals surface area contributed by atoms with Crippen molar-refractivity contribution < 1.29 is 24.2 Å². The summed E-state index contributed by atoms with van der Waals surface area (Å²) < 4.78 is 4.90. The van der Waals surface area contributed by atoms with Crippen molar-refractivity contribution in [1.82, 2.24) is 0 Å². The minimum Gasteiger partial charge on any atom is -0.550 e. The summed E-state index contributed by atoms with van der Waals surface area (Å²) in [4.78, 5) is 37.4. The van der Waals surface area contributed by atoms with E-state index in [1.54, 1.807) is 0 Å². The van der Waals surface area contributed by atoms with Gasteiger partial charge in [-0.15, -0.1) is 11.3 Å². The van der Waals surface area contributed by atoms with E-state index in [0.717, 1.165) is 49.0 Å². The van der Waals surface area contributed by atoms with E-state index in [1.165, 1.54) is 18.4 Å². The van der Waals surface area contributed by atoms with Gasteiger partial charge in [0.1, 0.15) is 5.00 Å². The molecule has 1 N–H and O–H groups in total.